The van der Waals surface area contributed by atoms with Crippen LogP contribution in [0, 0.1) is 6.92 Å². The van der Waals surface area contributed by atoms with Crippen LogP contribution in [0.15, 0.2) is 54.2 Å². The normalized spacial score (nSPS) is 25.3. The molecule has 4 rings (SSSR count). The number of aliphatic hydroxyl groups excluding tert-OH is 1. The molecule has 2 aromatic rings. The first-order valence-corrected chi connectivity index (χ1v) is 10.9. The van der Waals surface area contributed by atoms with Gasteiger partial charge in [0.25, 0.3) is 5.91 Å². The molecule has 0 saturated heterocycles. The van der Waals surface area contributed by atoms with Gasteiger partial charge in [0.1, 0.15) is 5.70 Å². The number of halogens is 3. The first-order chi connectivity index (χ1) is 15.6. The Morgan fingerprint density at radius 3 is 2.36 bits per heavy atom. The zero-order chi connectivity index (χ0) is 23.8. The van der Waals surface area contributed by atoms with Gasteiger partial charge in [0.15, 0.2) is 5.54 Å². The van der Waals surface area contributed by atoms with Crippen molar-refractivity contribution in [1.29, 1.82) is 0 Å². The smallest absolute Gasteiger partial charge is 0.393 e. The third kappa shape index (κ3) is 4.30. The molecule has 1 aliphatic heterocycles. The quantitative estimate of drug-likeness (QED) is 0.470. The molecular weight excluding hydrogens is 433 g/mol. The number of aliphatic hydroxyl groups is 1. The maximum Gasteiger partial charge on any atom is 0.416 e. The highest BCUT2D eigenvalue weighted by Crippen LogP contribution is 2.47. The van der Waals surface area contributed by atoms with Crippen molar-refractivity contribution in [1.82, 2.24) is 10.9 Å². The van der Waals surface area contributed by atoms with Gasteiger partial charge in [-0.3, -0.25) is 4.79 Å². The van der Waals surface area contributed by atoms with Gasteiger partial charge >= 0.3 is 6.18 Å². The van der Waals surface area contributed by atoms with Gasteiger partial charge in [0.05, 0.1) is 6.10 Å². The van der Waals surface area contributed by atoms with E-state index in [0.29, 0.717) is 24.0 Å². The number of carbonyl (C=O) groups is 1. The molecule has 1 amide bonds. The molecule has 1 saturated carbocycles. The average molecular weight is 461 g/mol. The van der Waals surface area contributed by atoms with Gasteiger partial charge in [0.2, 0.25) is 0 Å². The largest absolute Gasteiger partial charge is 0.416 e. The molecule has 2 aliphatic rings. The fraction of sp³-hybridized carbons (Fsp3) is 0.375. The van der Waals surface area contributed by atoms with E-state index >= 15 is 0 Å². The molecule has 9 heteroatoms. The molecule has 176 valence electrons. The zero-order valence-corrected chi connectivity index (χ0v) is 18.2. The highest BCUT2D eigenvalue weighted by Gasteiger charge is 2.58. The maximum atomic E-state index is 14.4. The molecule has 1 aliphatic carbocycles. The standard InChI is InChI=1S/C24H27F3N4O2/c1-14-18(23(24(25,26)27)13-20(22(28)33)30-31-23)11-12-19(21(14)15-5-3-2-4-6-15)29-16-7-9-17(32)10-8-16/h2-6,11-13,16-17,29-32H,7-10H2,1H3,(H2,28,33). The lowest BCUT2D eigenvalue weighted by molar-refractivity contribution is -0.184. The van der Waals surface area contributed by atoms with Crippen LogP contribution in [0.3, 0.4) is 0 Å². The fourth-order valence-electron chi connectivity index (χ4n) is 4.71. The van der Waals surface area contributed by atoms with Gasteiger partial charge in [-0.05, 0) is 61.4 Å². The SMILES string of the molecule is Cc1c(C2(C(F)(F)F)C=C(C(N)=O)NN2)ccc(NC2CCC(O)CC2)c1-c1ccccc1. The van der Waals surface area contributed by atoms with E-state index in [4.69, 9.17) is 5.73 Å². The van der Waals surface area contributed by atoms with E-state index in [1.807, 2.05) is 30.3 Å². The van der Waals surface area contributed by atoms with Crippen molar-refractivity contribution in [3.05, 3.63) is 65.4 Å². The van der Waals surface area contributed by atoms with Crippen LogP contribution in [0.1, 0.15) is 36.8 Å². The van der Waals surface area contributed by atoms with Crippen LogP contribution in [0.25, 0.3) is 11.1 Å². The number of rotatable bonds is 5. The summed E-state index contributed by atoms with van der Waals surface area (Å²) in [6.45, 7) is 1.65. The third-order valence-electron chi connectivity index (χ3n) is 6.48. The van der Waals surface area contributed by atoms with Crippen LogP contribution in [-0.4, -0.2) is 29.3 Å². The van der Waals surface area contributed by atoms with Crippen molar-refractivity contribution in [2.75, 3.05) is 5.32 Å². The summed E-state index contributed by atoms with van der Waals surface area (Å²) in [6.07, 6.45) is -1.32. The minimum Gasteiger partial charge on any atom is -0.393 e. The second-order valence-corrected chi connectivity index (χ2v) is 8.65. The number of hydrazine groups is 1. The number of benzene rings is 2. The number of amides is 1. The number of alkyl halides is 3. The number of hydrogen-bond acceptors (Lipinski definition) is 5. The minimum absolute atomic E-state index is 0.0257. The van der Waals surface area contributed by atoms with Gasteiger partial charge in [-0.25, -0.2) is 5.43 Å². The molecule has 6 nitrogen and oxygen atoms in total. The molecule has 1 fully saturated rings. The Kier molecular flexibility index (Phi) is 6.11. The summed E-state index contributed by atoms with van der Waals surface area (Å²) in [5, 5.41) is 13.3. The number of primary amides is 1. The summed E-state index contributed by atoms with van der Waals surface area (Å²) in [6, 6.07) is 12.4. The van der Waals surface area contributed by atoms with Gasteiger partial charge in [-0.15, -0.1) is 0 Å². The summed E-state index contributed by atoms with van der Waals surface area (Å²) in [4.78, 5) is 11.6. The zero-order valence-electron chi connectivity index (χ0n) is 18.2. The van der Waals surface area contributed by atoms with Crippen LogP contribution in [0.4, 0.5) is 18.9 Å². The molecule has 0 radical (unpaired) electrons. The molecule has 6 N–H and O–H groups in total. The third-order valence-corrected chi connectivity index (χ3v) is 6.48. The van der Waals surface area contributed by atoms with Crippen LogP contribution >= 0.6 is 0 Å². The summed E-state index contributed by atoms with van der Waals surface area (Å²) >= 11 is 0. The Labute approximate surface area is 190 Å². The fourth-order valence-corrected chi connectivity index (χ4v) is 4.71. The highest BCUT2D eigenvalue weighted by atomic mass is 19.4. The number of anilines is 1. The van der Waals surface area contributed by atoms with Gasteiger partial charge in [0, 0.05) is 17.3 Å². The second kappa shape index (κ2) is 8.72. The van der Waals surface area contributed by atoms with E-state index in [0.717, 1.165) is 30.2 Å². The molecule has 1 atom stereocenters. The summed E-state index contributed by atoms with van der Waals surface area (Å²) in [7, 11) is 0. The number of carbonyl (C=O) groups excluding carboxylic acids is 1. The summed E-state index contributed by atoms with van der Waals surface area (Å²) in [5.41, 5.74) is 9.41. The number of nitrogens with two attached hydrogens (primary N) is 1. The molecule has 2 aromatic carbocycles. The Bertz CT molecular complexity index is 1060. The molecular formula is C24H27F3N4O2. The van der Waals surface area contributed by atoms with E-state index in [9.17, 15) is 23.1 Å². The Hall–Kier alpha value is -3.04. The molecule has 1 heterocycles. The van der Waals surface area contributed by atoms with Crippen LogP contribution in [-0.2, 0) is 10.3 Å². The van der Waals surface area contributed by atoms with E-state index in [2.05, 4.69) is 16.2 Å². The van der Waals surface area contributed by atoms with Crippen LogP contribution < -0.4 is 21.9 Å². The minimum atomic E-state index is -4.75. The van der Waals surface area contributed by atoms with Crippen molar-refractivity contribution in [2.24, 2.45) is 5.73 Å². The molecule has 1 unspecified atom stereocenters. The molecule has 0 spiro atoms. The molecule has 33 heavy (non-hydrogen) atoms. The van der Waals surface area contributed by atoms with Gasteiger partial charge < -0.3 is 21.6 Å². The molecule has 0 bridgehead atoms. The predicted octanol–water partition coefficient (Wildman–Crippen LogP) is 3.61. The van der Waals surface area contributed by atoms with Gasteiger partial charge in [-0.1, -0.05) is 36.4 Å². The lowest BCUT2D eigenvalue weighted by atomic mass is 9.82. The Balaban J connectivity index is 1.85. The van der Waals surface area contributed by atoms with Crippen molar-refractivity contribution < 1.29 is 23.1 Å². The summed E-state index contributed by atoms with van der Waals surface area (Å²) < 4.78 is 43.3. The van der Waals surface area contributed by atoms with E-state index in [-0.39, 0.29) is 23.4 Å². The van der Waals surface area contributed by atoms with E-state index in [1.165, 1.54) is 6.07 Å². The Morgan fingerprint density at radius 2 is 1.79 bits per heavy atom. The number of hydrogen-bond donors (Lipinski definition) is 5. The van der Waals surface area contributed by atoms with Crippen molar-refractivity contribution in [3.63, 3.8) is 0 Å². The predicted molar refractivity (Wildman–Crippen MR) is 120 cm³/mol. The first-order valence-electron chi connectivity index (χ1n) is 10.9. The van der Waals surface area contributed by atoms with E-state index in [1.54, 1.807) is 13.0 Å². The van der Waals surface area contributed by atoms with Crippen LogP contribution in [0.5, 0.6) is 0 Å². The van der Waals surface area contributed by atoms with E-state index < -0.39 is 17.6 Å². The lowest BCUT2D eigenvalue weighted by Gasteiger charge is -2.34. The van der Waals surface area contributed by atoms with Crippen LogP contribution in [0.2, 0.25) is 0 Å². The van der Waals surface area contributed by atoms with Crippen molar-refractivity contribution >= 4 is 11.6 Å². The first kappa shape index (κ1) is 23.1. The highest BCUT2D eigenvalue weighted by molar-refractivity contribution is 5.92. The van der Waals surface area contributed by atoms with Crippen molar-refractivity contribution in [3.8, 4) is 11.1 Å². The Morgan fingerprint density at radius 1 is 1.12 bits per heavy atom. The maximum absolute atomic E-state index is 14.4. The monoisotopic (exact) mass is 460 g/mol. The molecule has 0 aromatic heterocycles. The average Bonchev–Trinajstić information content (AvgIpc) is 3.23. The summed E-state index contributed by atoms with van der Waals surface area (Å²) in [5.74, 6) is -0.979. The second-order valence-electron chi connectivity index (χ2n) is 8.65. The number of nitrogens with one attached hydrogen (secondary N) is 3. The van der Waals surface area contributed by atoms with Gasteiger partial charge in [-0.2, -0.15) is 13.2 Å². The van der Waals surface area contributed by atoms with Crippen molar-refractivity contribution in [2.45, 2.75) is 56.5 Å². The topological polar surface area (TPSA) is 99.4 Å². The lowest BCUT2D eigenvalue weighted by Crippen LogP contribution is -2.53.